The van der Waals surface area contributed by atoms with Gasteiger partial charge >= 0.3 is 6.16 Å². The molecule has 3 atom stereocenters. The fraction of sp³-hybridized carbons (Fsp3) is 0.909. The molecular weight excluding hydrogens is 194 g/mol. The van der Waals surface area contributed by atoms with E-state index in [-0.39, 0.29) is 6.23 Å². The van der Waals surface area contributed by atoms with Crippen LogP contribution < -0.4 is 0 Å². The van der Waals surface area contributed by atoms with Gasteiger partial charge in [0.1, 0.15) is 0 Å². The van der Waals surface area contributed by atoms with Crippen molar-refractivity contribution in [1.29, 1.82) is 0 Å². The summed E-state index contributed by atoms with van der Waals surface area (Å²) in [5, 5.41) is 0. The van der Waals surface area contributed by atoms with Gasteiger partial charge in [-0.05, 0) is 32.7 Å². The van der Waals surface area contributed by atoms with Gasteiger partial charge < -0.3 is 9.47 Å². The lowest BCUT2D eigenvalue weighted by Crippen LogP contribution is -2.35. The molecule has 15 heavy (non-hydrogen) atoms. The van der Waals surface area contributed by atoms with Crippen LogP contribution in [0.1, 0.15) is 32.6 Å². The van der Waals surface area contributed by atoms with Crippen molar-refractivity contribution in [2.45, 2.75) is 44.9 Å². The lowest BCUT2D eigenvalue weighted by Gasteiger charge is -2.23. The van der Waals surface area contributed by atoms with Crippen LogP contribution in [0.15, 0.2) is 0 Å². The molecule has 2 fully saturated rings. The van der Waals surface area contributed by atoms with Crippen molar-refractivity contribution in [1.82, 2.24) is 4.90 Å². The summed E-state index contributed by atoms with van der Waals surface area (Å²) in [4.78, 5) is 13.4. The first-order valence-corrected chi connectivity index (χ1v) is 5.77. The number of fused-ring (bicyclic) bond motifs is 1. The van der Waals surface area contributed by atoms with Gasteiger partial charge in [-0.3, -0.25) is 4.90 Å². The number of carbonyl (C=O) groups is 1. The normalized spacial score (nSPS) is 35.2. The molecule has 86 valence electrons. The Morgan fingerprint density at radius 3 is 2.93 bits per heavy atom. The number of likely N-dealkylation sites (tertiary alicyclic amines) is 1. The van der Waals surface area contributed by atoms with Crippen LogP contribution in [-0.2, 0) is 9.47 Å². The smallest absolute Gasteiger partial charge is 0.435 e. The molecule has 0 amide bonds. The fourth-order valence-corrected chi connectivity index (χ4v) is 2.86. The second-order valence-corrected chi connectivity index (χ2v) is 4.42. The average Bonchev–Trinajstić information content (AvgIpc) is 2.72. The van der Waals surface area contributed by atoms with Gasteiger partial charge in [0.15, 0.2) is 6.23 Å². The van der Waals surface area contributed by atoms with Gasteiger partial charge in [0.05, 0.1) is 6.61 Å². The van der Waals surface area contributed by atoms with Crippen molar-refractivity contribution < 1.29 is 14.3 Å². The minimum Gasteiger partial charge on any atom is -0.435 e. The fourth-order valence-electron chi connectivity index (χ4n) is 2.86. The summed E-state index contributed by atoms with van der Waals surface area (Å²) >= 11 is 0. The molecule has 1 aliphatic heterocycles. The molecule has 2 rings (SSSR count). The van der Waals surface area contributed by atoms with Gasteiger partial charge in [0.25, 0.3) is 0 Å². The molecule has 1 aliphatic carbocycles. The largest absolute Gasteiger partial charge is 0.509 e. The highest BCUT2D eigenvalue weighted by atomic mass is 16.7. The van der Waals surface area contributed by atoms with E-state index in [2.05, 4.69) is 4.90 Å². The van der Waals surface area contributed by atoms with Crippen LogP contribution in [0.4, 0.5) is 4.79 Å². The highest BCUT2D eigenvalue weighted by Gasteiger charge is 2.43. The quantitative estimate of drug-likeness (QED) is 0.657. The van der Waals surface area contributed by atoms with Crippen LogP contribution >= 0.6 is 0 Å². The lowest BCUT2D eigenvalue weighted by atomic mass is 10.0. The Hall–Kier alpha value is -0.770. The Balaban J connectivity index is 1.87. The van der Waals surface area contributed by atoms with Gasteiger partial charge in [-0.25, -0.2) is 4.79 Å². The van der Waals surface area contributed by atoms with Crippen LogP contribution in [0, 0.1) is 5.92 Å². The molecule has 0 bridgehead atoms. The van der Waals surface area contributed by atoms with Crippen molar-refractivity contribution in [2.24, 2.45) is 5.92 Å². The van der Waals surface area contributed by atoms with Crippen LogP contribution in [0.3, 0.4) is 0 Å². The zero-order valence-corrected chi connectivity index (χ0v) is 9.44. The maximum absolute atomic E-state index is 11.2. The molecular formula is C11H19NO3. The zero-order chi connectivity index (χ0) is 10.8. The number of rotatable bonds is 2. The van der Waals surface area contributed by atoms with E-state index in [1.165, 1.54) is 19.3 Å². The molecule has 0 aromatic rings. The molecule has 2 aliphatic rings. The highest BCUT2D eigenvalue weighted by Crippen LogP contribution is 2.40. The van der Waals surface area contributed by atoms with Crippen molar-refractivity contribution in [3.63, 3.8) is 0 Å². The van der Waals surface area contributed by atoms with E-state index in [0.717, 1.165) is 12.3 Å². The molecule has 1 saturated carbocycles. The van der Waals surface area contributed by atoms with Crippen molar-refractivity contribution in [3.05, 3.63) is 0 Å². The first-order chi connectivity index (χ1) is 7.22. The molecule has 0 aromatic carbocycles. The summed E-state index contributed by atoms with van der Waals surface area (Å²) in [5.74, 6) is 0.717. The molecule has 1 unspecified atom stereocenters. The van der Waals surface area contributed by atoms with Gasteiger partial charge in [-0.2, -0.15) is 0 Å². The first-order valence-electron chi connectivity index (χ1n) is 5.77. The summed E-state index contributed by atoms with van der Waals surface area (Å²) in [6.45, 7) is 2.16. The van der Waals surface area contributed by atoms with Gasteiger partial charge in [0.2, 0.25) is 0 Å². The Bertz CT molecular complexity index is 244. The topological polar surface area (TPSA) is 38.8 Å². The van der Waals surface area contributed by atoms with E-state index in [9.17, 15) is 4.79 Å². The third-order valence-corrected chi connectivity index (χ3v) is 3.60. The van der Waals surface area contributed by atoms with Crippen molar-refractivity contribution >= 4 is 6.16 Å². The van der Waals surface area contributed by atoms with Gasteiger partial charge in [-0.1, -0.05) is 6.42 Å². The molecule has 1 saturated heterocycles. The monoisotopic (exact) mass is 213 g/mol. The summed E-state index contributed by atoms with van der Waals surface area (Å²) in [6, 6.07) is 0.615. The Labute approximate surface area is 90.5 Å². The molecule has 0 aromatic heterocycles. The van der Waals surface area contributed by atoms with E-state index in [1.807, 2.05) is 7.05 Å². The maximum Gasteiger partial charge on any atom is 0.509 e. The lowest BCUT2D eigenvalue weighted by molar-refractivity contribution is -0.0282. The van der Waals surface area contributed by atoms with Crippen LogP contribution in [0.25, 0.3) is 0 Å². The number of nitrogens with zero attached hydrogens (tertiary/aromatic N) is 1. The number of ether oxygens (including phenoxy) is 2. The van der Waals surface area contributed by atoms with Gasteiger partial charge in [-0.15, -0.1) is 0 Å². The second-order valence-electron chi connectivity index (χ2n) is 4.42. The summed E-state index contributed by atoms with van der Waals surface area (Å²) in [5.41, 5.74) is 0. The van der Waals surface area contributed by atoms with Crippen LogP contribution in [-0.4, -0.2) is 37.0 Å². The third-order valence-electron chi connectivity index (χ3n) is 3.60. The standard InChI is InChI=1S/C11H19NO3/c1-3-14-11(13)15-10-7-8-5-4-6-9(8)12(10)2/h8-10H,3-7H2,1-2H3/t8-,9-,10?/m1/s1. The van der Waals surface area contributed by atoms with E-state index < -0.39 is 6.16 Å². The maximum atomic E-state index is 11.2. The Kier molecular flexibility index (Phi) is 3.14. The number of hydrogen-bond acceptors (Lipinski definition) is 4. The summed E-state index contributed by atoms with van der Waals surface area (Å²) in [7, 11) is 2.04. The molecule has 1 heterocycles. The Morgan fingerprint density at radius 1 is 1.47 bits per heavy atom. The predicted octanol–water partition coefficient (Wildman–Crippen LogP) is 1.99. The first kappa shape index (κ1) is 10.7. The molecule has 4 nitrogen and oxygen atoms in total. The van der Waals surface area contributed by atoms with Gasteiger partial charge in [0, 0.05) is 12.5 Å². The molecule has 0 spiro atoms. The van der Waals surface area contributed by atoms with Crippen molar-refractivity contribution in [3.8, 4) is 0 Å². The van der Waals surface area contributed by atoms with E-state index in [0.29, 0.717) is 12.6 Å². The van der Waals surface area contributed by atoms with Crippen LogP contribution in [0.5, 0.6) is 0 Å². The van der Waals surface area contributed by atoms with E-state index >= 15 is 0 Å². The number of carbonyl (C=O) groups excluding carboxylic acids is 1. The van der Waals surface area contributed by atoms with Crippen molar-refractivity contribution in [2.75, 3.05) is 13.7 Å². The minimum atomic E-state index is -0.533. The SMILES string of the molecule is CCOC(=O)OC1C[C@H]2CCC[C@H]2N1C. The van der Waals surface area contributed by atoms with Crippen LogP contribution in [0.2, 0.25) is 0 Å². The van der Waals surface area contributed by atoms with E-state index in [1.54, 1.807) is 6.92 Å². The zero-order valence-electron chi connectivity index (χ0n) is 9.44. The Morgan fingerprint density at radius 2 is 2.27 bits per heavy atom. The second kappa shape index (κ2) is 4.39. The summed E-state index contributed by atoms with van der Waals surface area (Å²) < 4.78 is 10.1. The predicted molar refractivity (Wildman–Crippen MR) is 55.4 cm³/mol. The van der Waals surface area contributed by atoms with E-state index in [4.69, 9.17) is 9.47 Å². The summed E-state index contributed by atoms with van der Waals surface area (Å²) in [6.07, 6.45) is 4.20. The molecule has 4 heteroatoms. The minimum absolute atomic E-state index is 0.0700. The average molecular weight is 213 g/mol. The molecule has 0 N–H and O–H groups in total. The number of hydrogen-bond donors (Lipinski definition) is 0. The third kappa shape index (κ3) is 2.09. The molecule has 0 radical (unpaired) electrons. The highest BCUT2D eigenvalue weighted by molar-refractivity contribution is 5.60.